The Morgan fingerprint density at radius 2 is 1.62 bits per heavy atom. The molecule has 0 spiro atoms. The first-order chi connectivity index (χ1) is 17.6. The molecule has 0 aliphatic rings. The lowest BCUT2D eigenvalue weighted by Crippen LogP contribution is -2.49. The van der Waals surface area contributed by atoms with Crippen LogP contribution in [-0.4, -0.2) is 60.1 Å². The third-order valence-electron chi connectivity index (χ3n) is 6.43. The number of aliphatic hydroxyl groups excluding tert-OH is 1. The van der Waals surface area contributed by atoms with Gasteiger partial charge in [-0.3, -0.25) is 9.59 Å². The fraction of sp³-hybridized carbons (Fsp3) is 0.548. The standard InChI is InChI=1S/C31H47N3O3/c1-7-14-34(15-8-2)31(37)27-18-24(6)17-26(20-27)30(36)33-28(19-25-11-9-10-23(5)16-25)29(35)21-32-13-12-22(3)4/h9-11,16-18,20,22,28-29,32,35H,7-8,12-15,19,21H2,1-6H3,(H,33,36)/t28-,29+/m0/s1. The maximum atomic E-state index is 13.4. The van der Waals surface area contributed by atoms with Crippen LogP contribution in [-0.2, 0) is 6.42 Å². The number of hydrogen-bond acceptors (Lipinski definition) is 4. The Morgan fingerprint density at radius 1 is 0.946 bits per heavy atom. The molecule has 0 saturated carbocycles. The van der Waals surface area contributed by atoms with Crippen LogP contribution in [0.25, 0.3) is 0 Å². The molecule has 2 amide bonds. The first kappa shape index (κ1) is 30.5. The number of amides is 2. The van der Waals surface area contributed by atoms with E-state index >= 15 is 0 Å². The molecule has 0 radical (unpaired) electrons. The molecule has 0 unspecified atom stereocenters. The Kier molecular flexibility index (Phi) is 12.8. The lowest BCUT2D eigenvalue weighted by molar-refractivity contribution is 0.0755. The van der Waals surface area contributed by atoms with Crippen LogP contribution in [0.2, 0.25) is 0 Å². The minimum Gasteiger partial charge on any atom is -0.390 e. The number of aryl methyl sites for hydroxylation is 2. The summed E-state index contributed by atoms with van der Waals surface area (Å²) in [7, 11) is 0. The lowest BCUT2D eigenvalue weighted by Gasteiger charge is -2.26. The number of carbonyl (C=O) groups is 2. The van der Waals surface area contributed by atoms with E-state index in [-0.39, 0.29) is 11.8 Å². The largest absolute Gasteiger partial charge is 0.390 e. The average Bonchev–Trinajstić information content (AvgIpc) is 2.85. The smallest absolute Gasteiger partial charge is 0.253 e. The summed E-state index contributed by atoms with van der Waals surface area (Å²) < 4.78 is 0. The molecule has 0 saturated heterocycles. The molecule has 37 heavy (non-hydrogen) atoms. The van der Waals surface area contributed by atoms with Gasteiger partial charge in [-0.15, -0.1) is 0 Å². The molecule has 0 aromatic heterocycles. The van der Waals surface area contributed by atoms with Gasteiger partial charge in [-0.1, -0.05) is 57.5 Å². The Morgan fingerprint density at radius 3 is 2.24 bits per heavy atom. The molecule has 0 fully saturated rings. The van der Waals surface area contributed by atoms with E-state index in [0.717, 1.165) is 42.5 Å². The van der Waals surface area contributed by atoms with Crippen molar-refractivity contribution in [3.63, 3.8) is 0 Å². The van der Waals surface area contributed by atoms with Gasteiger partial charge in [0.05, 0.1) is 12.1 Å². The second kappa shape index (κ2) is 15.5. The van der Waals surface area contributed by atoms with Crippen LogP contribution in [0.3, 0.4) is 0 Å². The van der Waals surface area contributed by atoms with Crippen LogP contribution in [0.1, 0.15) is 84.4 Å². The van der Waals surface area contributed by atoms with Crippen molar-refractivity contribution in [3.05, 3.63) is 70.3 Å². The summed E-state index contributed by atoms with van der Waals surface area (Å²) in [4.78, 5) is 28.5. The highest BCUT2D eigenvalue weighted by molar-refractivity contribution is 6.00. The molecule has 0 aliphatic carbocycles. The number of hydrogen-bond donors (Lipinski definition) is 3. The van der Waals surface area contributed by atoms with Crippen molar-refractivity contribution in [2.45, 2.75) is 79.4 Å². The van der Waals surface area contributed by atoms with Crippen LogP contribution >= 0.6 is 0 Å². The fourth-order valence-corrected chi connectivity index (χ4v) is 4.49. The van der Waals surface area contributed by atoms with E-state index in [2.05, 4.69) is 44.4 Å². The van der Waals surface area contributed by atoms with Gasteiger partial charge in [0.25, 0.3) is 11.8 Å². The van der Waals surface area contributed by atoms with Crippen LogP contribution in [0, 0.1) is 19.8 Å². The second-order valence-electron chi connectivity index (χ2n) is 10.6. The average molecular weight is 510 g/mol. The maximum absolute atomic E-state index is 13.4. The molecule has 6 nitrogen and oxygen atoms in total. The number of benzene rings is 2. The van der Waals surface area contributed by atoms with E-state index in [4.69, 9.17) is 0 Å². The van der Waals surface area contributed by atoms with Crippen molar-refractivity contribution in [2.75, 3.05) is 26.2 Å². The van der Waals surface area contributed by atoms with Crippen LogP contribution < -0.4 is 10.6 Å². The van der Waals surface area contributed by atoms with Gasteiger partial charge in [0.2, 0.25) is 0 Å². The van der Waals surface area contributed by atoms with E-state index < -0.39 is 12.1 Å². The SMILES string of the molecule is CCCN(CCC)C(=O)c1cc(C)cc(C(=O)N[C@@H](Cc2cccc(C)c2)[C@H](O)CNCCC(C)C)c1. The number of carbonyl (C=O) groups excluding carboxylic acids is 2. The van der Waals surface area contributed by atoms with Crippen molar-refractivity contribution < 1.29 is 14.7 Å². The number of rotatable bonds is 15. The third-order valence-corrected chi connectivity index (χ3v) is 6.43. The van der Waals surface area contributed by atoms with Gasteiger partial charge in [-0.25, -0.2) is 0 Å². The molecule has 2 rings (SSSR count). The predicted molar refractivity (Wildman–Crippen MR) is 152 cm³/mol. The van der Waals surface area contributed by atoms with Gasteiger partial charge in [0.15, 0.2) is 0 Å². The van der Waals surface area contributed by atoms with Crippen LogP contribution in [0.4, 0.5) is 0 Å². The number of aliphatic hydroxyl groups is 1. The topological polar surface area (TPSA) is 81.7 Å². The minimum atomic E-state index is -0.757. The molecule has 204 valence electrons. The van der Waals surface area contributed by atoms with Gasteiger partial charge in [-0.05, 0) is 81.3 Å². The molecule has 2 atom stereocenters. The molecule has 0 bridgehead atoms. The first-order valence-electron chi connectivity index (χ1n) is 13.8. The number of nitrogens with zero attached hydrogens (tertiary/aromatic N) is 1. The Labute approximate surface area is 223 Å². The highest BCUT2D eigenvalue weighted by Gasteiger charge is 2.24. The van der Waals surface area contributed by atoms with Crippen molar-refractivity contribution in [3.8, 4) is 0 Å². The zero-order valence-electron chi connectivity index (χ0n) is 23.6. The zero-order chi connectivity index (χ0) is 27.4. The van der Waals surface area contributed by atoms with E-state index in [1.54, 1.807) is 12.1 Å². The van der Waals surface area contributed by atoms with E-state index in [1.807, 2.05) is 43.0 Å². The van der Waals surface area contributed by atoms with Gasteiger partial charge in [-0.2, -0.15) is 0 Å². The Bertz CT molecular complexity index is 999. The van der Waals surface area contributed by atoms with Crippen molar-refractivity contribution in [1.82, 2.24) is 15.5 Å². The molecule has 2 aromatic carbocycles. The highest BCUT2D eigenvalue weighted by atomic mass is 16.3. The molecule has 2 aromatic rings. The van der Waals surface area contributed by atoms with Crippen molar-refractivity contribution in [1.29, 1.82) is 0 Å². The number of nitrogens with one attached hydrogen (secondary N) is 2. The summed E-state index contributed by atoms with van der Waals surface area (Å²) in [6.45, 7) is 15.0. The lowest BCUT2D eigenvalue weighted by atomic mass is 9.98. The highest BCUT2D eigenvalue weighted by Crippen LogP contribution is 2.15. The van der Waals surface area contributed by atoms with Crippen molar-refractivity contribution >= 4 is 11.8 Å². The Hall–Kier alpha value is -2.70. The second-order valence-corrected chi connectivity index (χ2v) is 10.6. The molecule has 3 N–H and O–H groups in total. The van der Waals surface area contributed by atoms with Crippen LogP contribution in [0.5, 0.6) is 0 Å². The summed E-state index contributed by atoms with van der Waals surface area (Å²) in [6, 6.07) is 13.0. The normalized spacial score (nSPS) is 12.9. The molecular weight excluding hydrogens is 462 g/mol. The van der Waals surface area contributed by atoms with Gasteiger partial charge in [0, 0.05) is 30.8 Å². The molecule has 6 heteroatoms. The van der Waals surface area contributed by atoms with Gasteiger partial charge >= 0.3 is 0 Å². The monoisotopic (exact) mass is 509 g/mol. The summed E-state index contributed by atoms with van der Waals surface area (Å²) in [5.41, 5.74) is 4.01. The van der Waals surface area contributed by atoms with Crippen LogP contribution in [0.15, 0.2) is 42.5 Å². The maximum Gasteiger partial charge on any atom is 0.253 e. The van der Waals surface area contributed by atoms with Crippen molar-refractivity contribution in [2.24, 2.45) is 5.92 Å². The molecule has 0 aliphatic heterocycles. The van der Waals surface area contributed by atoms with E-state index in [9.17, 15) is 14.7 Å². The fourth-order valence-electron chi connectivity index (χ4n) is 4.49. The Balaban J connectivity index is 2.23. The summed E-state index contributed by atoms with van der Waals surface area (Å²) in [5, 5.41) is 17.4. The quantitative estimate of drug-likeness (QED) is 0.298. The molecule has 0 heterocycles. The van der Waals surface area contributed by atoms with Gasteiger partial charge < -0.3 is 20.6 Å². The predicted octanol–water partition coefficient (Wildman–Crippen LogP) is 4.90. The summed E-state index contributed by atoms with van der Waals surface area (Å²) in [5.74, 6) is 0.248. The zero-order valence-corrected chi connectivity index (χ0v) is 23.6. The van der Waals surface area contributed by atoms with E-state index in [1.165, 1.54) is 0 Å². The first-order valence-corrected chi connectivity index (χ1v) is 13.8. The molecular formula is C31H47N3O3. The summed E-state index contributed by atoms with van der Waals surface area (Å²) >= 11 is 0. The summed E-state index contributed by atoms with van der Waals surface area (Å²) in [6.07, 6.45) is 2.55. The minimum absolute atomic E-state index is 0.0489. The van der Waals surface area contributed by atoms with E-state index in [0.29, 0.717) is 43.1 Å². The van der Waals surface area contributed by atoms with Gasteiger partial charge in [0.1, 0.15) is 0 Å². The third kappa shape index (κ3) is 10.3.